The molecule has 1 N–H and O–H groups in total. The Hall–Kier alpha value is -2.87. The van der Waals surface area contributed by atoms with Crippen LogP contribution in [-0.2, 0) is 26.2 Å². The van der Waals surface area contributed by atoms with Gasteiger partial charge in [0.1, 0.15) is 12.6 Å². The van der Waals surface area contributed by atoms with Gasteiger partial charge in [0.15, 0.2) is 0 Å². The lowest BCUT2D eigenvalue weighted by molar-refractivity contribution is -0.139. The average Bonchev–Trinajstić information content (AvgIpc) is 3.28. The van der Waals surface area contributed by atoms with Crippen LogP contribution in [-0.4, -0.2) is 50.0 Å². The van der Waals surface area contributed by atoms with E-state index in [0.29, 0.717) is 5.69 Å². The van der Waals surface area contributed by atoms with Gasteiger partial charge < -0.3 is 10.2 Å². The molecule has 0 bridgehead atoms. The van der Waals surface area contributed by atoms with Gasteiger partial charge in [0.25, 0.3) is 0 Å². The fraction of sp³-hybridized carbons (Fsp3) is 0.462. The molecule has 1 saturated carbocycles. The molecule has 2 amide bonds. The zero-order chi connectivity index (χ0) is 24.9. The van der Waals surface area contributed by atoms with E-state index in [0.717, 1.165) is 52.9 Å². The lowest BCUT2D eigenvalue weighted by Crippen LogP contribution is -2.52. The number of hydrogen-bond donors (Lipinski definition) is 1. The molecule has 0 aliphatic heterocycles. The fourth-order valence-corrected chi connectivity index (χ4v) is 5.33. The molecule has 3 rings (SSSR count). The maximum atomic E-state index is 13.6. The van der Waals surface area contributed by atoms with E-state index < -0.39 is 22.0 Å². The molecule has 0 spiro atoms. The molecule has 1 aliphatic rings. The van der Waals surface area contributed by atoms with Crippen molar-refractivity contribution in [2.24, 2.45) is 0 Å². The van der Waals surface area contributed by atoms with Crippen LogP contribution >= 0.6 is 0 Å². The number of nitrogens with zero attached hydrogens (tertiary/aromatic N) is 2. The zero-order valence-electron chi connectivity index (χ0n) is 20.5. The Morgan fingerprint density at radius 3 is 2.35 bits per heavy atom. The summed E-state index contributed by atoms with van der Waals surface area (Å²) >= 11 is 0. The normalized spacial score (nSPS) is 15.1. The Balaban J connectivity index is 1.89. The van der Waals surface area contributed by atoms with Crippen molar-refractivity contribution in [3.8, 4) is 0 Å². The van der Waals surface area contributed by atoms with Crippen LogP contribution in [0.5, 0.6) is 0 Å². The second-order valence-electron chi connectivity index (χ2n) is 9.23. The Bertz CT molecular complexity index is 1130. The maximum absolute atomic E-state index is 13.6. The van der Waals surface area contributed by atoms with Crippen LogP contribution in [0.4, 0.5) is 5.69 Å². The van der Waals surface area contributed by atoms with E-state index in [1.807, 2.05) is 37.3 Å². The molecule has 2 aromatic carbocycles. The summed E-state index contributed by atoms with van der Waals surface area (Å²) in [4.78, 5) is 28.2. The topological polar surface area (TPSA) is 86.8 Å². The van der Waals surface area contributed by atoms with Gasteiger partial charge in [0.05, 0.1) is 11.9 Å². The van der Waals surface area contributed by atoms with Gasteiger partial charge >= 0.3 is 0 Å². The average molecular weight is 486 g/mol. The van der Waals surface area contributed by atoms with Crippen molar-refractivity contribution in [1.82, 2.24) is 10.2 Å². The summed E-state index contributed by atoms with van der Waals surface area (Å²) in [7, 11) is -3.73. The predicted octanol–water partition coefficient (Wildman–Crippen LogP) is 3.55. The Morgan fingerprint density at radius 1 is 1.06 bits per heavy atom. The van der Waals surface area contributed by atoms with Crippen LogP contribution in [0, 0.1) is 13.8 Å². The van der Waals surface area contributed by atoms with Gasteiger partial charge in [-0.25, -0.2) is 8.42 Å². The molecule has 0 unspecified atom stereocenters. The standard InChI is InChI=1S/C26H35N3O4S/c1-19-10-9-12-22(16-19)17-28(21(3)26(31)27-23-13-6-7-14-23)25(30)18-29(34(4,32)33)24-15-8-5-11-20(24)2/h5,8-12,15-16,21,23H,6-7,13-14,17-18H2,1-4H3,(H,27,31)/t21-/m1/s1. The number of benzene rings is 2. The van der Waals surface area contributed by atoms with E-state index in [1.165, 1.54) is 4.90 Å². The summed E-state index contributed by atoms with van der Waals surface area (Å²) in [5.41, 5.74) is 3.14. The van der Waals surface area contributed by atoms with Crippen molar-refractivity contribution >= 4 is 27.5 Å². The summed E-state index contributed by atoms with van der Waals surface area (Å²) in [5, 5.41) is 3.07. The summed E-state index contributed by atoms with van der Waals surface area (Å²) in [6, 6.07) is 14.2. The van der Waals surface area contributed by atoms with E-state index in [4.69, 9.17) is 0 Å². The van der Waals surface area contributed by atoms with Gasteiger partial charge in [-0.1, -0.05) is 60.9 Å². The molecule has 184 valence electrons. The minimum atomic E-state index is -3.73. The number of carbonyl (C=O) groups excluding carboxylic acids is 2. The third kappa shape index (κ3) is 6.59. The summed E-state index contributed by atoms with van der Waals surface area (Å²) < 4.78 is 26.4. The third-order valence-corrected chi connectivity index (χ3v) is 7.49. The van der Waals surface area contributed by atoms with Crippen LogP contribution in [0.15, 0.2) is 48.5 Å². The highest BCUT2D eigenvalue weighted by molar-refractivity contribution is 7.92. The Morgan fingerprint density at radius 2 is 1.74 bits per heavy atom. The first-order chi connectivity index (χ1) is 16.1. The number of aryl methyl sites for hydroxylation is 2. The number of anilines is 1. The number of nitrogens with one attached hydrogen (secondary N) is 1. The van der Waals surface area contributed by atoms with Crippen molar-refractivity contribution in [1.29, 1.82) is 0 Å². The van der Waals surface area contributed by atoms with Crippen LogP contribution in [0.2, 0.25) is 0 Å². The van der Waals surface area contributed by atoms with Crippen molar-refractivity contribution in [2.45, 2.75) is 65.1 Å². The van der Waals surface area contributed by atoms with Crippen LogP contribution < -0.4 is 9.62 Å². The van der Waals surface area contributed by atoms with Crippen LogP contribution in [0.25, 0.3) is 0 Å². The van der Waals surface area contributed by atoms with Gasteiger partial charge in [-0.2, -0.15) is 0 Å². The minimum absolute atomic E-state index is 0.130. The van der Waals surface area contributed by atoms with E-state index in [1.54, 1.807) is 32.0 Å². The summed E-state index contributed by atoms with van der Waals surface area (Å²) in [5.74, 6) is -0.640. The number of hydrogen-bond acceptors (Lipinski definition) is 4. The molecule has 34 heavy (non-hydrogen) atoms. The molecule has 2 aromatic rings. The van der Waals surface area contributed by atoms with Gasteiger partial charge in [0, 0.05) is 12.6 Å². The smallest absolute Gasteiger partial charge is 0.244 e. The molecule has 8 heteroatoms. The SMILES string of the molecule is Cc1cccc(CN(C(=O)CN(c2ccccc2C)S(C)(=O)=O)[C@H](C)C(=O)NC2CCCC2)c1. The van der Waals surface area contributed by atoms with Crippen molar-refractivity contribution in [2.75, 3.05) is 17.1 Å². The molecule has 0 aromatic heterocycles. The quantitative estimate of drug-likeness (QED) is 0.589. The van der Waals surface area contributed by atoms with Crippen molar-refractivity contribution in [3.05, 3.63) is 65.2 Å². The van der Waals surface area contributed by atoms with Gasteiger partial charge in [0.2, 0.25) is 21.8 Å². The highest BCUT2D eigenvalue weighted by atomic mass is 32.2. The summed E-state index contributed by atoms with van der Waals surface area (Å²) in [6.45, 7) is 5.31. The first-order valence-electron chi connectivity index (χ1n) is 11.7. The molecule has 0 radical (unpaired) electrons. The second-order valence-corrected chi connectivity index (χ2v) is 11.1. The third-order valence-electron chi connectivity index (χ3n) is 6.37. The van der Waals surface area contributed by atoms with E-state index in [-0.39, 0.29) is 25.0 Å². The lowest BCUT2D eigenvalue weighted by Gasteiger charge is -2.32. The number of sulfonamides is 1. The number of para-hydroxylation sites is 1. The van der Waals surface area contributed by atoms with Gasteiger partial charge in [-0.3, -0.25) is 13.9 Å². The van der Waals surface area contributed by atoms with Crippen LogP contribution in [0.1, 0.15) is 49.3 Å². The highest BCUT2D eigenvalue weighted by Crippen LogP contribution is 2.23. The van der Waals surface area contributed by atoms with E-state index in [2.05, 4.69) is 5.32 Å². The molecule has 1 atom stereocenters. The van der Waals surface area contributed by atoms with Gasteiger partial charge in [-0.15, -0.1) is 0 Å². The minimum Gasteiger partial charge on any atom is -0.352 e. The highest BCUT2D eigenvalue weighted by Gasteiger charge is 2.31. The molecule has 0 heterocycles. The lowest BCUT2D eigenvalue weighted by atomic mass is 10.1. The first-order valence-corrected chi connectivity index (χ1v) is 13.6. The number of amides is 2. The summed E-state index contributed by atoms with van der Waals surface area (Å²) in [6.07, 6.45) is 5.16. The molecule has 7 nitrogen and oxygen atoms in total. The predicted molar refractivity (Wildman–Crippen MR) is 135 cm³/mol. The second kappa shape index (κ2) is 11.0. The molecular formula is C26H35N3O4S. The number of rotatable bonds is 9. The molecule has 1 aliphatic carbocycles. The van der Waals surface area contributed by atoms with E-state index in [9.17, 15) is 18.0 Å². The first kappa shape index (κ1) is 25.7. The maximum Gasteiger partial charge on any atom is 0.244 e. The molecule has 1 fully saturated rings. The number of carbonyl (C=O) groups is 2. The van der Waals surface area contributed by atoms with E-state index >= 15 is 0 Å². The van der Waals surface area contributed by atoms with Crippen molar-refractivity contribution in [3.63, 3.8) is 0 Å². The van der Waals surface area contributed by atoms with Crippen molar-refractivity contribution < 1.29 is 18.0 Å². The zero-order valence-corrected chi connectivity index (χ0v) is 21.3. The Labute approximate surface area is 203 Å². The monoisotopic (exact) mass is 485 g/mol. The van der Waals surface area contributed by atoms with Crippen LogP contribution in [0.3, 0.4) is 0 Å². The molecular weight excluding hydrogens is 450 g/mol. The molecule has 0 saturated heterocycles. The largest absolute Gasteiger partial charge is 0.352 e. The fourth-order valence-electron chi connectivity index (χ4n) is 4.42. The van der Waals surface area contributed by atoms with Gasteiger partial charge in [-0.05, 0) is 50.8 Å². The Kier molecular flexibility index (Phi) is 8.36.